The molecule has 1 aromatic heterocycles. The van der Waals surface area contributed by atoms with Gasteiger partial charge in [-0.2, -0.15) is 0 Å². The van der Waals surface area contributed by atoms with Gasteiger partial charge in [-0.3, -0.25) is 9.36 Å². The summed E-state index contributed by atoms with van der Waals surface area (Å²) in [5.41, 5.74) is 3.60. The van der Waals surface area contributed by atoms with Gasteiger partial charge in [-0.15, -0.1) is 0 Å². The number of morpholine rings is 1. The summed E-state index contributed by atoms with van der Waals surface area (Å²) in [6.07, 6.45) is 0.122. The molecule has 4 rings (SSSR count). The van der Waals surface area contributed by atoms with Gasteiger partial charge >= 0.3 is 0 Å². The molecule has 0 N–H and O–H groups in total. The Kier molecular flexibility index (Phi) is 4.24. The van der Waals surface area contributed by atoms with Crippen molar-refractivity contribution in [1.29, 1.82) is 0 Å². The molecule has 1 aliphatic heterocycles. The Morgan fingerprint density at radius 2 is 1.77 bits per heavy atom. The second-order valence-electron chi connectivity index (χ2n) is 7.00. The van der Waals surface area contributed by atoms with E-state index in [1.165, 1.54) is 0 Å². The van der Waals surface area contributed by atoms with Crippen LogP contribution in [0.2, 0.25) is 0 Å². The summed E-state index contributed by atoms with van der Waals surface area (Å²) >= 11 is 0. The number of amides is 1. The number of benzene rings is 2. The van der Waals surface area contributed by atoms with Gasteiger partial charge < -0.3 is 9.64 Å². The zero-order valence-electron chi connectivity index (χ0n) is 15.3. The summed E-state index contributed by atoms with van der Waals surface area (Å²) in [5.74, 6) is 0.949. The zero-order chi connectivity index (χ0) is 18.3. The van der Waals surface area contributed by atoms with Crippen LogP contribution in [0, 0.1) is 6.92 Å². The van der Waals surface area contributed by atoms with Crippen LogP contribution in [0.15, 0.2) is 48.5 Å². The molecule has 0 radical (unpaired) electrons. The molecule has 0 spiro atoms. The van der Waals surface area contributed by atoms with Gasteiger partial charge in [0, 0.05) is 24.3 Å². The van der Waals surface area contributed by atoms with Crippen LogP contribution in [-0.2, 0) is 4.74 Å². The normalized spacial score (nSPS) is 20.5. The number of hydrogen-bond acceptors (Lipinski definition) is 3. The summed E-state index contributed by atoms with van der Waals surface area (Å²) in [4.78, 5) is 19.5. The Bertz CT molecular complexity index is 939. The molecular formula is C21H23N3O2. The van der Waals surface area contributed by atoms with Crippen molar-refractivity contribution in [1.82, 2.24) is 14.5 Å². The highest BCUT2D eigenvalue weighted by Gasteiger charge is 2.27. The minimum atomic E-state index is 0.0424. The van der Waals surface area contributed by atoms with Gasteiger partial charge in [-0.1, -0.05) is 18.2 Å². The van der Waals surface area contributed by atoms with Crippen LogP contribution in [0.3, 0.4) is 0 Å². The average molecular weight is 349 g/mol. The van der Waals surface area contributed by atoms with E-state index in [-0.39, 0.29) is 18.1 Å². The Labute approximate surface area is 153 Å². The molecule has 0 unspecified atom stereocenters. The molecule has 2 aromatic carbocycles. The molecular weight excluding hydrogens is 326 g/mol. The molecule has 2 heterocycles. The highest BCUT2D eigenvalue weighted by Crippen LogP contribution is 2.23. The fourth-order valence-corrected chi connectivity index (χ4v) is 3.76. The lowest BCUT2D eigenvalue weighted by molar-refractivity contribution is -0.0586. The number of rotatable bonds is 2. The number of aryl methyl sites for hydroxylation is 1. The lowest BCUT2D eigenvalue weighted by Gasteiger charge is -2.35. The van der Waals surface area contributed by atoms with Crippen LogP contribution >= 0.6 is 0 Å². The maximum Gasteiger partial charge on any atom is 0.254 e. The first-order valence-corrected chi connectivity index (χ1v) is 9.02. The van der Waals surface area contributed by atoms with E-state index in [0.29, 0.717) is 18.7 Å². The molecule has 26 heavy (non-hydrogen) atoms. The van der Waals surface area contributed by atoms with Crippen LogP contribution in [0.1, 0.15) is 30.0 Å². The first kappa shape index (κ1) is 16.8. The molecule has 1 saturated heterocycles. The van der Waals surface area contributed by atoms with E-state index in [1.807, 2.05) is 62.1 Å². The number of ether oxygens (including phenoxy) is 1. The van der Waals surface area contributed by atoms with Crippen molar-refractivity contribution in [3.05, 3.63) is 59.9 Å². The summed E-state index contributed by atoms with van der Waals surface area (Å²) in [5, 5.41) is 0. The highest BCUT2D eigenvalue weighted by molar-refractivity contribution is 5.97. The van der Waals surface area contributed by atoms with E-state index in [2.05, 4.69) is 21.7 Å². The van der Waals surface area contributed by atoms with E-state index in [4.69, 9.17) is 4.74 Å². The number of nitrogens with zero attached hydrogens (tertiary/aromatic N) is 3. The molecule has 0 bridgehead atoms. The lowest BCUT2D eigenvalue weighted by atomic mass is 10.1. The van der Waals surface area contributed by atoms with Gasteiger partial charge in [0.05, 0.1) is 23.2 Å². The molecule has 2 atom stereocenters. The number of carbonyl (C=O) groups is 1. The first-order chi connectivity index (χ1) is 12.5. The zero-order valence-corrected chi connectivity index (χ0v) is 15.3. The molecule has 0 saturated carbocycles. The summed E-state index contributed by atoms with van der Waals surface area (Å²) in [6.45, 7) is 7.24. The van der Waals surface area contributed by atoms with Gasteiger partial charge in [0.25, 0.3) is 5.91 Å². The van der Waals surface area contributed by atoms with E-state index in [0.717, 1.165) is 22.5 Å². The van der Waals surface area contributed by atoms with Crippen LogP contribution in [0.4, 0.5) is 0 Å². The van der Waals surface area contributed by atoms with Crippen LogP contribution in [0.5, 0.6) is 0 Å². The quantitative estimate of drug-likeness (QED) is 0.710. The van der Waals surface area contributed by atoms with Gasteiger partial charge in [-0.05, 0) is 51.1 Å². The van der Waals surface area contributed by atoms with E-state index in [9.17, 15) is 4.79 Å². The van der Waals surface area contributed by atoms with Crippen LogP contribution < -0.4 is 0 Å². The number of aromatic nitrogens is 2. The van der Waals surface area contributed by atoms with Crippen molar-refractivity contribution >= 4 is 16.9 Å². The first-order valence-electron chi connectivity index (χ1n) is 9.02. The molecule has 0 aliphatic carbocycles. The molecule has 1 aliphatic rings. The Morgan fingerprint density at radius 1 is 1.08 bits per heavy atom. The average Bonchev–Trinajstić information content (AvgIpc) is 2.95. The maximum atomic E-state index is 12.9. The minimum absolute atomic E-state index is 0.0424. The number of hydrogen-bond donors (Lipinski definition) is 0. The standard InChI is InChI=1S/C21H23N3O2/c1-14-12-23(13-15(2)26-14)21(25)17-9-10-20-19(11-17)22-16(3)24(20)18-7-5-4-6-8-18/h4-11,14-15H,12-13H2,1-3H3/t14-,15+. The van der Waals surface area contributed by atoms with E-state index >= 15 is 0 Å². The van der Waals surface area contributed by atoms with Gasteiger partial charge in [-0.25, -0.2) is 4.98 Å². The van der Waals surface area contributed by atoms with Gasteiger partial charge in [0.2, 0.25) is 0 Å². The topological polar surface area (TPSA) is 47.4 Å². The fraction of sp³-hybridized carbons (Fsp3) is 0.333. The van der Waals surface area contributed by atoms with Crippen LogP contribution in [-0.4, -0.2) is 45.7 Å². The predicted molar refractivity (Wildman–Crippen MR) is 102 cm³/mol. The monoisotopic (exact) mass is 349 g/mol. The Morgan fingerprint density at radius 3 is 2.46 bits per heavy atom. The second kappa shape index (κ2) is 6.57. The SMILES string of the molecule is Cc1nc2cc(C(=O)N3C[C@@H](C)O[C@@H](C)C3)ccc2n1-c1ccccc1. The van der Waals surface area contributed by atoms with Gasteiger partial charge in [0.15, 0.2) is 0 Å². The van der Waals surface area contributed by atoms with Crippen molar-refractivity contribution < 1.29 is 9.53 Å². The highest BCUT2D eigenvalue weighted by atomic mass is 16.5. The molecule has 134 valence electrons. The van der Waals surface area contributed by atoms with Crippen molar-refractivity contribution in [2.45, 2.75) is 33.0 Å². The third kappa shape index (κ3) is 2.99. The van der Waals surface area contributed by atoms with E-state index < -0.39 is 0 Å². The second-order valence-corrected chi connectivity index (χ2v) is 7.00. The van der Waals surface area contributed by atoms with Crippen molar-refractivity contribution in [2.75, 3.05) is 13.1 Å². The van der Waals surface area contributed by atoms with Crippen molar-refractivity contribution in [2.24, 2.45) is 0 Å². The molecule has 1 amide bonds. The molecule has 5 nitrogen and oxygen atoms in total. The van der Waals surface area contributed by atoms with Crippen LogP contribution in [0.25, 0.3) is 16.7 Å². The largest absolute Gasteiger partial charge is 0.372 e. The molecule has 3 aromatic rings. The molecule has 1 fully saturated rings. The fourth-order valence-electron chi connectivity index (χ4n) is 3.76. The number of fused-ring (bicyclic) bond motifs is 1. The maximum absolute atomic E-state index is 12.9. The summed E-state index contributed by atoms with van der Waals surface area (Å²) < 4.78 is 7.84. The number of imidazole rings is 1. The van der Waals surface area contributed by atoms with E-state index in [1.54, 1.807) is 0 Å². The lowest BCUT2D eigenvalue weighted by Crippen LogP contribution is -2.48. The number of para-hydroxylation sites is 1. The smallest absolute Gasteiger partial charge is 0.254 e. The Balaban J connectivity index is 1.70. The third-order valence-corrected chi connectivity index (χ3v) is 4.79. The predicted octanol–water partition coefficient (Wildman–Crippen LogP) is 3.58. The minimum Gasteiger partial charge on any atom is -0.372 e. The van der Waals surface area contributed by atoms with Crippen molar-refractivity contribution in [3.63, 3.8) is 0 Å². The summed E-state index contributed by atoms with van der Waals surface area (Å²) in [6, 6.07) is 15.9. The third-order valence-electron chi connectivity index (χ3n) is 4.79. The van der Waals surface area contributed by atoms with Crippen molar-refractivity contribution in [3.8, 4) is 5.69 Å². The molecule has 5 heteroatoms. The van der Waals surface area contributed by atoms with Gasteiger partial charge in [0.1, 0.15) is 5.82 Å². The Hall–Kier alpha value is -2.66. The number of carbonyl (C=O) groups excluding carboxylic acids is 1. The summed E-state index contributed by atoms with van der Waals surface area (Å²) in [7, 11) is 0.